The van der Waals surface area contributed by atoms with E-state index in [0.717, 1.165) is 17.0 Å². The van der Waals surface area contributed by atoms with Crippen LogP contribution in [-0.4, -0.2) is 33.7 Å². The van der Waals surface area contributed by atoms with Crippen molar-refractivity contribution in [1.82, 2.24) is 25.4 Å². The third kappa shape index (κ3) is 6.83. The zero-order chi connectivity index (χ0) is 20.5. The number of benzene rings is 2. The molecule has 8 nitrogen and oxygen atoms in total. The molecular weight excluding hydrogens is 495 g/mol. The number of aromatic nitrogens is 3. The third-order valence-electron chi connectivity index (χ3n) is 4.28. The van der Waals surface area contributed by atoms with Gasteiger partial charge in [-0.25, -0.2) is 9.78 Å². The predicted molar refractivity (Wildman–Crippen MR) is 125 cm³/mol. The van der Waals surface area contributed by atoms with Crippen LogP contribution in [0.15, 0.2) is 65.9 Å². The molecule has 1 aromatic heterocycles. The molecule has 3 aromatic rings. The van der Waals surface area contributed by atoms with Crippen molar-refractivity contribution in [3.8, 4) is 0 Å². The molecule has 0 radical (unpaired) electrons. The molecule has 0 spiro atoms. The number of nitrogens with one attached hydrogen (secondary N) is 2. The van der Waals surface area contributed by atoms with E-state index in [-0.39, 0.29) is 36.6 Å². The van der Waals surface area contributed by atoms with Crippen LogP contribution in [-0.2, 0) is 31.5 Å². The van der Waals surface area contributed by atoms with Gasteiger partial charge in [-0.2, -0.15) is 5.10 Å². The van der Waals surface area contributed by atoms with Gasteiger partial charge in [-0.05, 0) is 23.3 Å². The number of aryl methyl sites for hydroxylation is 1. The van der Waals surface area contributed by atoms with Gasteiger partial charge in [0.2, 0.25) is 0 Å². The van der Waals surface area contributed by atoms with Crippen molar-refractivity contribution >= 4 is 35.9 Å². The number of halogens is 1. The number of hydrogen-bond acceptors (Lipinski definition) is 5. The maximum atomic E-state index is 12.3. The van der Waals surface area contributed by atoms with E-state index in [1.807, 2.05) is 55.6 Å². The van der Waals surface area contributed by atoms with Crippen molar-refractivity contribution in [2.24, 2.45) is 12.0 Å². The Morgan fingerprint density at radius 1 is 1.07 bits per heavy atom. The first kappa shape index (κ1) is 23.3. The highest BCUT2D eigenvalue weighted by Gasteiger charge is 2.09. The molecule has 0 bridgehead atoms. The van der Waals surface area contributed by atoms with Crippen LogP contribution in [0.5, 0.6) is 0 Å². The summed E-state index contributed by atoms with van der Waals surface area (Å²) in [4.78, 5) is 20.7. The Labute approximate surface area is 192 Å². The van der Waals surface area contributed by atoms with Gasteiger partial charge in [0.1, 0.15) is 18.8 Å². The van der Waals surface area contributed by atoms with Gasteiger partial charge < -0.3 is 15.4 Å². The third-order valence-corrected chi connectivity index (χ3v) is 4.28. The Morgan fingerprint density at radius 2 is 1.80 bits per heavy atom. The molecule has 0 aliphatic carbocycles. The summed E-state index contributed by atoms with van der Waals surface area (Å²) in [5.41, 5.74) is 2.42. The van der Waals surface area contributed by atoms with Crippen LogP contribution < -0.4 is 10.6 Å². The minimum atomic E-state index is -0.347. The molecule has 2 aromatic carbocycles. The molecule has 9 heteroatoms. The largest absolute Gasteiger partial charge is 0.457 e. The standard InChI is InChI=1S/C21H24N6O2.HI/c1-22-21(24-13-19-25-15-26-27(19)2)23-12-17-9-6-10-18(11-17)20(28)29-14-16-7-4-3-5-8-16;/h3-11,15H,12-14H2,1-2H3,(H2,22,23,24);1H. The number of ether oxygens (including phenoxy) is 1. The first-order chi connectivity index (χ1) is 14.2. The molecule has 0 aliphatic rings. The topological polar surface area (TPSA) is 93.4 Å². The molecule has 0 amide bonds. The molecule has 2 N–H and O–H groups in total. The molecule has 1 heterocycles. The average Bonchev–Trinajstić information content (AvgIpc) is 3.18. The van der Waals surface area contributed by atoms with Crippen LogP contribution in [0.25, 0.3) is 0 Å². The summed E-state index contributed by atoms with van der Waals surface area (Å²) >= 11 is 0. The number of esters is 1. The molecule has 0 fully saturated rings. The van der Waals surface area contributed by atoms with Gasteiger partial charge in [-0.3, -0.25) is 9.67 Å². The van der Waals surface area contributed by atoms with Gasteiger partial charge in [-0.1, -0.05) is 42.5 Å². The molecule has 158 valence electrons. The van der Waals surface area contributed by atoms with Crippen molar-refractivity contribution in [1.29, 1.82) is 0 Å². The van der Waals surface area contributed by atoms with Gasteiger partial charge >= 0.3 is 5.97 Å². The zero-order valence-electron chi connectivity index (χ0n) is 16.9. The summed E-state index contributed by atoms with van der Waals surface area (Å²) in [7, 11) is 3.53. The maximum absolute atomic E-state index is 12.3. The number of rotatable bonds is 7. The van der Waals surface area contributed by atoms with E-state index in [2.05, 4.69) is 25.7 Å². The van der Waals surface area contributed by atoms with E-state index in [1.54, 1.807) is 17.8 Å². The van der Waals surface area contributed by atoms with Crippen LogP contribution in [0.4, 0.5) is 0 Å². The Balaban J connectivity index is 0.00000320. The number of hydrogen-bond donors (Lipinski definition) is 2. The molecule has 30 heavy (non-hydrogen) atoms. The van der Waals surface area contributed by atoms with E-state index >= 15 is 0 Å². The second-order valence-corrected chi connectivity index (χ2v) is 6.34. The Hall–Kier alpha value is -2.95. The Bertz CT molecular complexity index is 974. The van der Waals surface area contributed by atoms with Crippen molar-refractivity contribution in [2.75, 3.05) is 7.05 Å². The Morgan fingerprint density at radius 3 is 2.50 bits per heavy atom. The molecule has 0 saturated carbocycles. The second-order valence-electron chi connectivity index (χ2n) is 6.34. The number of carbonyl (C=O) groups excluding carboxylic acids is 1. The molecule has 0 aliphatic heterocycles. The molecule has 0 saturated heterocycles. The van der Waals surface area contributed by atoms with Gasteiger partial charge in [0.05, 0.1) is 12.1 Å². The quantitative estimate of drug-likeness (QED) is 0.216. The van der Waals surface area contributed by atoms with Crippen molar-refractivity contribution in [2.45, 2.75) is 19.7 Å². The first-order valence-corrected chi connectivity index (χ1v) is 9.23. The van der Waals surface area contributed by atoms with Crippen LogP contribution >= 0.6 is 24.0 Å². The number of guanidine groups is 1. The zero-order valence-corrected chi connectivity index (χ0v) is 19.2. The lowest BCUT2D eigenvalue weighted by Gasteiger charge is -2.12. The predicted octanol–water partition coefficient (Wildman–Crippen LogP) is 2.66. The average molecular weight is 520 g/mol. The van der Waals surface area contributed by atoms with Crippen LogP contribution in [0.2, 0.25) is 0 Å². The summed E-state index contributed by atoms with van der Waals surface area (Å²) in [6, 6.07) is 17.0. The summed E-state index contributed by atoms with van der Waals surface area (Å²) in [5, 5.41) is 10.4. The van der Waals surface area contributed by atoms with E-state index in [0.29, 0.717) is 24.6 Å². The highest BCUT2D eigenvalue weighted by molar-refractivity contribution is 14.0. The summed E-state index contributed by atoms with van der Waals surface area (Å²) in [6.07, 6.45) is 1.51. The van der Waals surface area contributed by atoms with Crippen molar-refractivity contribution in [3.63, 3.8) is 0 Å². The lowest BCUT2D eigenvalue weighted by Crippen LogP contribution is -2.37. The molecular formula is C21H25IN6O2. The monoisotopic (exact) mass is 520 g/mol. The van der Waals surface area contributed by atoms with E-state index in [1.165, 1.54) is 6.33 Å². The molecule has 0 atom stereocenters. The van der Waals surface area contributed by atoms with Gasteiger partial charge in [0.15, 0.2) is 5.96 Å². The maximum Gasteiger partial charge on any atom is 0.338 e. The highest BCUT2D eigenvalue weighted by Crippen LogP contribution is 2.09. The second kappa shape index (κ2) is 11.9. The highest BCUT2D eigenvalue weighted by atomic mass is 127. The number of aliphatic imine (C=N–C) groups is 1. The fourth-order valence-corrected chi connectivity index (χ4v) is 2.66. The summed E-state index contributed by atoms with van der Waals surface area (Å²) in [6.45, 7) is 1.26. The van der Waals surface area contributed by atoms with E-state index in [4.69, 9.17) is 4.74 Å². The smallest absolute Gasteiger partial charge is 0.338 e. The molecule has 0 unspecified atom stereocenters. The lowest BCUT2D eigenvalue weighted by molar-refractivity contribution is 0.0472. The normalized spacial score (nSPS) is 10.8. The van der Waals surface area contributed by atoms with E-state index < -0.39 is 0 Å². The number of carbonyl (C=O) groups is 1. The van der Waals surface area contributed by atoms with Gasteiger partial charge in [-0.15, -0.1) is 24.0 Å². The minimum absolute atomic E-state index is 0. The Kier molecular flexibility index (Phi) is 9.26. The van der Waals surface area contributed by atoms with Crippen LogP contribution in [0.3, 0.4) is 0 Å². The summed E-state index contributed by atoms with van der Waals surface area (Å²) < 4.78 is 7.10. The van der Waals surface area contributed by atoms with Crippen molar-refractivity contribution < 1.29 is 9.53 Å². The van der Waals surface area contributed by atoms with E-state index in [9.17, 15) is 4.79 Å². The molecule has 3 rings (SSSR count). The lowest BCUT2D eigenvalue weighted by atomic mass is 10.1. The first-order valence-electron chi connectivity index (χ1n) is 9.23. The SMILES string of the molecule is CN=C(NCc1cccc(C(=O)OCc2ccccc2)c1)NCc1ncnn1C.I. The summed E-state index contributed by atoms with van der Waals surface area (Å²) in [5.74, 6) is 1.08. The fourth-order valence-electron chi connectivity index (χ4n) is 2.66. The van der Waals surface area contributed by atoms with Crippen LogP contribution in [0.1, 0.15) is 27.3 Å². The number of nitrogens with zero attached hydrogens (tertiary/aromatic N) is 4. The fraction of sp³-hybridized carbons (Fsp3) is 0.238. The van der Waals surface area contributed by atoms with Crippen molar-refractivity contribution in [3.05, 3.63) is 83.4 Å². The minimum Gasteiger partial charge on any atom is -0.457 e. The van der Waals surface area contributed by atoms with Gasteiger partial charge in [0.25, 0.3) is 0 Å². The van der Waals surface area contributed by atoms with Gasteiger partial charge in [0, 0.05) is 20.6 Å². The van der Waals surface area contributed by atoms with Crippen LogP contribution in [0, 0.1) is 0 Å².